The van der Waals surface area contributed by atoms with Crippen molar-refractivity contribution in [2.75, 3.05) is 6.61 Å². The van der Waals surface area contributed by atoms with Crippen molar-refractivity contribution in [3.8, 4) is 0 Å². The van der Waals surface area contributed by atoms with Crippen LogP contribution in [0.15, 0.2) is 30.3 Å². The quantitative estimate of drug-likeness (QED) is 0.465. The van der Waals surface area contributed by atoms with Crippen LogP contribution in [-0.2, 0) is 23.0 Å². The molecule has 5 nitrogen and oxygen atoms in total. The molecule has 2 rings (SSSR count). The van der Waals surface area contributed by atoms with Gasteiger partial charge in [0.15, 0.2) is 12.4 Å². The molecule has 0 saturated heterocycles. The molecule has 0 N–H and O–H groups in total. The second-order valence-electron chi connectivity index (χ2n) is 5.62. The summed E-state index contributed by atoms with van der Waals surface area (Å²) >= 11 is 0. The van der Waals surface area contributed by atoms with E-state index in [1.165, 1.54) is 6.08 Å². The maximum absolute atomic E-state index is 12.0. The molecule has 0 aliphatic carbocycles. The molecule has 1 heterocycles. The number of hydrogen-bond acceptors (Lipinski definition) is 4. The first-order valence-corrected chi connectivity index (χ1v) is 7.89. The molecule has 0 fully saturated rings. The number of benzene rings is 1. The van der Waals surface area contributed by atoms with Crippen molar-refractivity contribution in [1.29, 1.82) is 0 Å². The summed E-state index contributed by atoms with van der Waals surface area (Å²) in [5.74, 6) is -0.760. The van der Waals surface area contributed by atoms with Gasteiger partial charge >= 0.3 is 5.97 Å². The Kier molecular flexibility index (Phi) is 5.68. The van der Waals surface area contributed by atoms with Gasteiger partial charge < -0.3 is 4.74 Å². The Balaban J connectivity index is 1.92. The molecule has 0 amide bonds. The predicted octanol–water partition coefficient (Wildman–Crippen LogP) is 3.04. The molecule has 24 heavy (non-hydrogen) atoms. The average molecular weight is 326 g/mol. The number of nitrogens with zero attached hydrogens (tertiary/aromatic N) is 2. The lowest BCUT2D eigenvalue weighted by atomic mass is 10.1. The van der Waals surface area contributed by atoms with Crippen LogP contribution in [0.3, 0.4) is 0 Å². The molecule has 0 aliphatic rings. The van der Waals surface area contributed by atoms with Gasteiger partial charge in [0.05, 0.1) is 5.69 Å². The lowest BCUT2D eigenvalue weighted by Crippen LogP contribution is -2.12. The van der Waals surface area contributed by atoms with Gasteiger partial charge in [-0.25, -0.2) is 4.79 Å². The summed E-state index contributed by atoms with van der Waals surface area (Å²) in [6.07, 6.45) is 3.91. The van der Waals surface area contributed by atoms with Crippen LogP contribution in [0.25, 0.3) is 6.08 Å². The third-order valence-electron chi connectivity index (χ3n) is 3.98. The molecule has 1 aromatic heterocycles. The first-order chi connectivity index (χ1) is 11.4. The summed E-state index contributed by atoms with van der Waals surface area (Å²) in [5.41, 5.74) is 4.39. The lowest BCUT2D eigenvalue weighted by molar-refractivity contribution is -0.136. The van der Waals surface area contributed by atoms with E-state index in [0.717, 1.165) is 28.9 Å². The topological polar surface area (TPSA) is 61.2 Å². The van der Waals surface area contributed by atoms with Crippen LogP contribution in [0.2, 0.25) is 0 Å². The van der Waals surface area contributed by atoms with Crippen LogP contribution in [0.5, 0.6) is 0 Å². The van der Waals surface area contributed by atoms with E-state index in [0.29, 0.717) is 5.56 Å². The normalized spacial score (nSPS) is 11.0. The summed E-state index contributed by atoms with van der Waals surface area (Å²) < 4.78 is 6.77. The zero-order valence-corrected chi connectivity index (χ0v) is 14.5. The van der Waals surface area contributed by atoms with Crippen molar-refractivity contribution >= 4 is 17.8 Å². The van der Waals surface area contributed by atoms with Crippen LogP contribution < -0.4 is 0 Å². The standard InChI is InChI=1S/C19H22N2O3/c1-5-15-6-8-16(9-7-15)18(22)12-24-19(23)11-10-17-13(2)20-21(4)14(17)3/h6-11H,5,12H2,1-4H3/b11-10+. The largest absolute Gasteiger partial charge is 0.454 e. The van der Waals surface area contributed by atoms with E-state index >= 15 is 0 Å². The summed E-state index contributed by atoms with van der Waals surface area (Å²) in [4.78, 5) is 23.8. The number of aryl methyl sites for hydroxylation is 3. The predicted molar refractivity (Wildman–Crippen MR) is 92.8 cm³/mol. The van der Waals surface area contributed by atoms with E-state index in [1.807, 2.05) is 33.0 Å². The maximum Gasteiger partial charge on any atom is 0.331 e. The fourth-order valence-corrected chi connectivity index (χ4v) is 2.38. The number of hydrogen-bond donors (Lipinski definition) is 0. The second-order valence-corrected chi connectivity index (χ2v) is 5.62. The minimum absolute atomic E-state index is 0.215. The van der Waals surface area contributed by atoms with Gasteiger partial charge in [-0.1, -0.05) is 31.2 Å². The van der Waals surface area contributed by atoms with Gasteiger partial charge in [-0.3, -0.25) is 9.48 Å². The number of aromatic nitrogens is 2. The molecule has 0 bridgehead atoms. The van der Waals surface area contributed by atoms with Crippen molar-refractivity contribution in [2.24, 2.45) is 7.05 Å². The lowest BCUT2D eigenvalue weighted by Gasteiger charge is -2.03. The Morgan fingerprint density at radius 2 is 1.88 bits per heavy atom. The highest BCUT2D eigenvalue weighted by molar-refractivity contribution is 5.98. The Bertz CT molecular complexity index is 771. The van der Waals surface area contributed by atoms with Crippen LogP contribution in [0.1, 0.15) is 39.8 Å². The molecule has 2 aromatic rings. The SMILES string of the molecule is CCc1ccc(C(=O)COC(=O)/C=C/c2c(C)nn(C)c2C)cc1. The van der Waals surface area contributed by atoms with Gasteiger partial charge in [-0.2, -0.15) is 5.10 Å². The molecular weight excluding hydrogens is 304 g/mol. The van der Waals surface area contributed by atoms with Crippen molar-refractivity contribution in [3.63, 3.8) is 0 Å². The molecular formula is C19H22N2O3. The van der Waals surface area contributed by atoms with Crippen LogP contribution >= 0.6 is 0 Å². The summed E-state index contributed by atoms with van der Waals surface area (Å²) in [6, 6.07) is 7.33. The van der Waals surface area contributed by atoms with Crippen LogP contribution in [0, 0.1) is 13.8 Å². The number of ether oxygens (including phenoxy) is 1. The Morgan fingerprint density at radius 3 is 2.42 bits per heavy atom. The van der Waals surface area contributed by atoms with E-state index in [9.17, 15) is 9.59 Å². The first kappa shape index (κ1) is 17.7. The van der Waals surface area contributed by atoms with Crippen molar-refractivity contribution < 1.29 is 14.3 Å². The highest BCUT2D eigenvalue weighted by Crippen LogP contribution is 2.13. The number of carbonyl (C=O) groups is 2. The number of rotatable bonds is 6. The summed E-state index contributed by atoms with van der Waals surface area (Å²) in [6.45, 7) is 5.59. The van der Waals surface area contributed by atoms with Crippen molar-refractivity contribution in [1.82, 2.24) is 9.78 Å². The molecule has 5 heteroatoms. The van der Waals surface area contributed by atoms with Gasteiger partial charge in [0.2, 0.25) is 0 Å². The van der Waals surface area contributed by atoms with Crippen LogP contribution in [0.4, 0.5) is 0 Å². The Morgan fingerprint density at radius 1 is 1.21 bits per heavy atom. The molecule has 126 valence electrons. The third-order valence-corrected chi connectivity index (χ3v) is 3.98. The Labute approximate surface area is 141 Å². The van der Waals surface area contributed by atoms with Gasteiger partial charge in [-0.15, -0.1) is 0 Å². The smallest absolute Gasteiger partial charge is 0.331 e. The molecule has 1 aromatic carbocycles. The molecule has 0 radical (unpaired) electrons. The second kappa shape index (κ2) is 7.73. The van der Waals surface area contributed by atoms with Gasteiger partial charge in [-0.05, 0) is 31.9 Å². The fourth-order valence-electron chi connectivity index (χ4n) is 2.38. The molecule has 0 spiro atoms. The third kappa shape index (κ3) is 4.19. The zero-order valence-electron chi connectivity index (χ0n) is 14.5. The van der Waals surface area contributed by atoms with E-state index in [-0.39, 0.29) is 12.4 Å². The van der Waals surface area contributed by atoms with E-state index in [1.54, 1.807) is 22.9 Å². The Hall–Kier alpha value is -2.69. The van der Waals surface area contributed by atoms with E-state index in [2.05, 4.69) is 12.0 Å². The minimum Gasteiger partial charge on any atom is -0.454 e. The van der Waals surface area contributed by atoms with Gasteiger partial charge in [0.1, 0.15) is 0 Å². The number of carbonyl (C=O) groups excluding carboxylic acids is 2. The highest BCUT2D eigenvalue weighted by atomic mass is 16.5. The van der Waals surface area contributed by atoms with Crippen molar-refractivity contribution in [3.05, 3.63) is 58.4 Å². The molecule has 0 aliphatic heterocycles. The van der Waals surface area contributed by atoms with E-state index < -0.39 is 5.97 Å². The van der Waals surface area contributed by atoms with Gasteiger partial charge in [0.25, 0.3) is 0 Å². The number of ketones is 1. The minimum atomic E-state index is -0.545. The van der Waals surface area contributed by atoms with Crippen molar-refractivity contribution in [2.45, 2.75) is 27.2 Å². The number of esters is 1. The maximum atomic E-state index is 12.0. The average Bonchev–Trinajstić information content (AvgIpc) is 2.83. The first-order valence-electron chi connectivity index (χ1n) is 7.89. The zero-order chi connectivity index (χ0) is 17.7. The molecule has 0 unspecified atom stereocenters. The molecule has 0 saturated carbocycles. The van der Waals surface area contributed by atoms with Gasteiger partial charge in [0, 0.05) is 29.9 Å². The summed E-state index contributed by atoms with van der Waals surface area (Å²) in [5, 5.41) is 4.28. The summed E-state index contributed by atoms with van der Waals surface area (Å²) in [7, 11) is 1.85. The van der Waals surface area contributed by atoms with Crippen LogP contribution in [-0.4, -0.2) is 28.1 Å². The number of Topliss-reactive ketones (excluding diaryl/α,β-unsaturated/α-hetero) is 1. The fraction of sp³-hybridized carbons (Fsp3) is 0.316. The van der Waals surface area contributed by atoms with E-state index in [4.69, 9.17) is 4.74 Å². The highest BCUT2D eigenvalue weighted by Gasteiger charge is 2.10. The monoisotopic (exact) mass is 326 g/mol. The molecule has 0 atom stereocenters.